The van der Waals surface area contributed by atoms with Gasteiger partial charge in [0.25, 0.3) is 5.91 Å². The fourth-order valence-electron chi connectivity index (χ4n) is 3.93. The minimum Gasteiger partial charge on any atom is -0.379 e. The molecule has 0 bridgehead atoms. The van der Waals surface area contributed by atoms with Crippen molar-refractivity contribution in [3.8, 4) is 0 Å². The molecular weight excluding hydrogens is 330 g/mol. The van der Waals surface area contributed by atoms with Crippen LogP contribution in [0.5, 0.6) is 0 Å². The predicted molar refractivity (Wildman–Crippen MR) is 106 cm³/mol. The number of hydrogen-bond donors (Lipinski definition) is 2. The molecule has 1 aliphatic carbocycles. The second-order valence-corrected chi connectivity index (χ2v) is 8.68. The largest absolute Gasteiger partial charge is 0.379 e. The van der Waals surface area contributed by atoms with Crippen LogP contribution in [0.15, 0.2) is 29.3 Å². The number of nitrogens with two attached hydrogens (primary N) is 1. The Balaban J connectivity index is 1.72. The van der Waals surface area contributed by atoms with Crippen LogP contribution in [0, 0.1) is 5.92 Å². The van der Waals surface area contributed by atoms with Crippen molar-refractivity contribution in [2.45, 2.75) is 64.0 Å². The van der Waals surface area contributed by atoms with Crippen molar-refractivity contribution in [2.24, 2.45) is 16.6 Å². The fraction of sp³-hybridized carbons (Fsp3) is 0.600. The Morgan fingerprint density at radius 2 is 2.12 bits per heavy atom. The second-order valence-electron chi connectivity index (χ2n) is 7.56. The molecule has 3 rings (SSSR count). The van der Waals surface area contributed by atoms with E-state index in [-0.39, 0.29) is 17.5 Å². The third kappa shape index (κ3) is 4.38. The minimum atomic E-state index is -0.333. The van der Waals surface area contributed by atoms with Gasteiger partial charge in [0.2, 0.25) is 0 Å². The lowest BCUT2D eigenvalue weighted by Crippen LogP contribution is -2.39. The van der Waals surface area contributed by atoms with Crippen LogP contribution in [-0.2, 0) is 5.54 Å². The highest BCUT2D eigenvalue weighted by Gasteiger charge is 2.30. The molecule has 1 heterocycles. The second kappa shape index (κ2) is 7.81. The van der Waals surface area contributed by atoms with Gasteiger partial charge in [0.1, 0.15) is 0 Å². The van der Waals surface area contributed by atoms with Crippen molar-refractivity contribution in [1.29, 1.82) is 0 Å². The Morgan fingerprint density at radius 1 is 1.36 bits per heavy atom. The number of amidine groups is 1. The van der Waals surface area contributed by atoms with Crippen LogP contribution in [0.1, 0.15) is 68.3 Å². The Bertz CT molecular complexity index is 654. The average molecular weight is 360 g/mol. The summed E-state index contributed by atoms with van der Waals surface area (Å²) in [6.07, 6.45) is 7.30. The number of nitrogens with zero attached hydrogens (tertiary/aromatic N) is 1. The van der Waals surface area contributed by atoms with Gasteiger partial charge in [0.05, 0.1) is 5.54 Å². The summed E-state index contributed by atoms with van der Waals surface area (Å²) in [4.78, 5) is 17.4. The number of aliphatic imine (C=N–C) groups is 1. The standard InChI is InChI=1S/C20H29N3OS/c1-14(15-7-4-3-5-8-15)22-18(24)16-9-6-10-17(13-16)20(2)11-12-25-19(21)23-20/h6,9-10,13-15H,3-5,7-8,11-12H2,1-2H3,(H2,21,23)(H,22,24)/t14-,20?/m1/s1. The summed E-state index contributed by atoms with van der Waals surface area (Å²) < 4.78 is 0. The zero-order chi connectivity index (χ0) is 17.9. The van der Waals surface area contributed by atoms with Crippen LogP contribution in [0.3, 0.4) is 0 Å². The molecule has 1 unspecified atom stereocenters. The summed E-state index contributed by atoms with van der Waals surface area (Å²) >= 11 is 1.60. The molecular formula is C20H29N3OS. The number of thioether (sulfide) groups is 1. The molecule has 3 N–H and O–H groups in total. The summed E-state index contributed by atoms with van der Waals surface area (Å²) in [6.45, 7) is 4.24. The number of rotatable bonds is 4. The third-order valence-corrected chi connectivity index (χ3v) is 6.45. The number of hydrogen-bond acceptors (Lipinski definition) is 4. The monoisotopic (exact) mass is 359 g/mol. The van der Waals surface area contributed by atoms with Gasteiger partial charge in [-0.05, 0) is 56.7 Å². The molecule has 4 nitrogen and oxygen atoms in total. The van der Waals surface area contributed by atoms with Crippen LogP contribution in [-0.4, -0.2) is 22.9 Å². The molecule has 2 aliphatic rings. The number of amides is 1. The van der Waals surface area contributed by atoms with E-state index in [0.29, 0.717) is 16.6 Å². The van der Waals surface area contributed by atoms with Crippen molar-refractivity contribution < 1.29 is 4.79 Å². The van der Waals surface area contributed by atoms with Crippen LogP contribution < -0.4 is 11.1 Å². The van der Waals surface area contributed by atoms with Crippen molar-refractivity contribution in [3.05, 3.63) is 35.4 Å². The van der Waals surface area contributed by atoms with Gasteiger partial charge in [0, 0.05) is 17.4 Å². The fourth-order valence-corrected chi connectivity index (χ4v) is 4.91. The molecule has 0 spiro atoms. The van der Waals surface area contributed by atoms with E-state index in [0.717, 1.165) is 17.7 Å². The molecule has 136 valence electrons. The number of carbonyl (C=O) groups is 1. The molecule has 1 saturated carbocycles. The summed E-state index contributed by atoms with van der Waals surface area (Å²) in [6, 6.07) is 8.10. The zero-order valence-corrected chi connectivity index (χ0v) is 16.1. The predicted octanol–water partition coefficient (Wildman–Crippen LogP) is 4.05. The minimum absolute atomic E-state index is 0.0191. The summed E-state index contributed by atoms with van der Waals surface area (Å²) in [7, 11) is 0. The maximum absolute atomic E-state index is 12.7. The summed E-state index contributed by atoms with van der Waals surface area (Å²) in [5, 5.41) is 3.85. The van der Waals surface area contributed by atoms with Gasteiger partial charge in [0.15, 0.2) is 5.17 Å². The molecule has 1 aromatic carbocycles. The van der Waals surface area contributed by atoms with E-state index < -0.39 is 0 Å². The van der Waals surface area contributed by atoms with Gasteiger partial charge in [-0.2, -0.15) is 0 Å². The Morgan fingerprint density at radius 3 is 2.84 bits per heavy atom. The van der Waals surface area contributed by atoms with E-state index in [1.807, 2.05) is 24.3 Å². The lowest BCUT2D eigenvalue weighted by molar-refractivity contribution is 0.0919. The Labute approximate surface area is 155 Å². The quantitative estimate of drug-likeness (QED) is 0.852. The molecule has 5 heteroatoms. The van der Waals surface area contributed by atoms with Gasteiger partial charge in [-0.1, -0.05) is 43.2 Å². The number of carbonyl (C=O) groups excluding carboxylic acids is 1. The number of nitrogens with one attached hydrogen (secondary N) is 1. The number of benzene rings is 1. The van der Waals surface area contributed by atoms with E-state index >= 15 is 0 Å². The zero-order valence-electron chi connectivity index (χ0n) is 15.3. The van der Waals surface area contributed by atoms with E-state index in [4.69, 9.17) is 5.73 Å². The van der Waals surface area contributed by atoms with E-state index in [1.165, 1.54) is 32.1 Å². The van der Waals surface area contributed by atoms with Gasteiger partial charge in [-0.25, -0.2) is 0 Å². The van der Waals surface area contributed by atoms with Crippen molar-refractivity contribution >= 4 is 22.8 Å². The Hall–Kier alpha value is -1.49. The van der Waals surface area contributed by atoms with Gasteiger partial charge >= 0.3 is 0 Å². The van der Waals surface area contributed by atoms with E-state index in [9.17, 15) is 4.79 Å². The molecule has 0 aromatic heterocycles. The van der Waals surface area contributed by atoms with Crippen LogP contribution in [0.2, 0.25) is 0 Å². The lowest BCUT2D eigenvalue weighted by atomic mass is 9.84. The molecule has 0 radical (unpaired) electrons. The highest BCUT2D eigenvalue weighted by molar-refractivity contribution is 8.13. The smallest absolute Gasteiger partial charge is 0.251 e. The van der Waals surface area contributed by atoms with Gasteiger partial charge in [-0.3, -0.25) is 9.79 Å². The maximum Gasteiger partial charge on any atom is 0.251 e. The SMILES string of the molecule is C[C@@H](NC(=O)c1cccc(C2(C)CCSC(N)=N2)c1)C1CCCCC1. The molecule has 1 aliphatic heterocycles. The van der Waals surface area contributed by atoms with Gasteiger partial charge in [-0.15, -0.1) is 0 Å². The van der Waals surface area contributed by atoms with Crippen molar-refractivity contribution in [3.63, 3.8) is 0 Å². The maximum atomic E-state index is 12.7. The summed E-state index contributed by atoms with van der Waals surface area (Å²) in [5.41, 5.74) is 7.37. The first-order valence-corrected chi connectivity index (χ1v) is 10.4. The van der Waals surface area contributed by atoms with Crippen molar-refractivity contribution in [2.75, 3.05) is 5.75 Å². The summed E-state index contributed by atoms with van der Waals surface area (Å²) in [5.74, 6) is 1.59. The molecule has 1 amide bonds. The lowest BCUT2D eigenvalue weighted by Gasteiger charge is -2.30. The van der Waals surface area contributed by atoms with Crippen LogP contribution in [0.4, 0.5) is 0 Å². The topological polar surface area (TPSA) is 67.5 Å². The first-order valence-electron chi connectivity index (χ1n) is 9.37. The van der Waals surface area contributed by atoms with Crippen molar-refractivity contribution in [1.82, 2.24) is 5.32 Å². The van der Waals surface area contributed by atoms with E-state index in [2.05, 4.69) is 24.2 Å². The normalized spacial score (nSPS) is 25.9. The first kappa shape index (κ1) is 18.3. The molecule has 2 atom stereocenters. The van der Waals surface area contributed by atoms with Crippen LogP contribution in [0.25, 0.3) is 0 Å². The molecule has 1 fully saturated rings. The highest BCUT2D eigenvalue weighted by atomic mass is 32.2. The van der Waals surface area contributed by atoms with Gasteiger partial charge < -0.3 is 11.1 Å². The average Bonchev–Trinajstić information content (AvgIpc) is 2.62. The Kier molecular flexibility index (Phi) is 5.72. The van der Waals surface area contributed by atoms with E-state index in [1.54, 1.807) is 11.8 Å². The molecule has 25 heavy (non-hydrogen) atoms. The highest BCUT2D eigenvalue weighted by Crippen LogP contribution is 2.35. The third-order valence-electron chi connectivity index (χ3n) is 5.66. The van der Waals surface area contributed by atoms with Crippen LogP contribution >= 0.6 is 11.8 Å². The molecule has 1 aromatic rings. The molecule has 0 saturated heterocycles. The first-order chi connectivity index (χ1) is 12.0.